The number of pyridine rings is 3. The van der Waals surface area contributed by atoms with Crippen molar-refractivity contribution in [1.29, 1.82) is 0 Å². The van der Waals surface area contributed by atoms with Crippen molar-refractivity contribution in [3.05, 3.63) is 138 Å². The van der Waals surface area contributed by atoms with Gasteiger partial charge >= 0.3 is 0 Å². The molecule has 0 atom stereocenters. The van der Waals surface area contributed by atoms with Crippen molar-refractivity contribution in [2.75, 3.05) is 0 Å². The topological polar surface area (TPSA) is 51.8 Å². The number of hydrogen-bond donors (Lipinski definition) is 0. The summed E-state index contributed by atoms with van der Waals surface area (Å²) < 4.78 is 5.62. The molecule has 42 heavy (non-hydrogen) atoms. The quantitative estimate of drug-likeness (QED) is 0.171. The molecule has 0 saturated heterocycles. The van der Waals surface area contributed by atoms with E-state index >= 15 is 0 Å². The van der Waals surface area contributed by atoms with Gasteiger partial charge in [0.1, 0.15) is 0 Å². The van der Waals surface area contributed by atoms with E-state index in [1.165, 1.54) is 22.3 Å². The third-order valence-electron chi connectivity index (χ3n) is 7.42. The van der Waals surface area contributed by atoms with E-state index in [4.69, 9.17) is 4.42 Å². The Labute approximate surface area is 259 Å². The molecule has 0 aliphatic carbocycles. The Morgan fingerprint density at radius 2 is 1.48 bits per heavy atom. The van der Waals surface area contributed by atoms with Gasteiger partial charge in [0.05, 0.1) is 5.58 Å². The van der Waals surface area contributed by atoms with Crippen LogP contribution < -0.4 is 0 Å². The van der Waals surface area contributed by atoms with Gasteiger partial charge in [-0.25, -0.2) is 0 Å². The van der Waals surface area contributed by atoms with E-state index in [0.717, 1.165) is 55.5 Å². The van der Waals surface area contributed by atoms with Crippen LogP contribution in [0.1, 0.15) is 22.3 Å². The number of aromatic nitrogens is 3. The summed E-state index contributed by atoms with van der Waals surface area (Å²) >= 11 is 0. The fraction of sp³-hybridized carbons (Fsp3) is 0.108. The van der Waals surface area contributed by atoms with Crippen molar-refractivity contribution in [3.63, 3.8) is 0 Å². The number of fused-ring (bicyclic) bond motifs is 3. The van der Waals surface area contributed by atoms with Gasteiger partial charge in [-0.2, -0.15) is 0 Å². The second-order valence-electron chi connectivity index (χ2n) is 10.2. The number of furan rings is 1. The molecule has 3 aromatic carbocycles. The molecular formula is C37H29IrN3O-2. The van der Waals surface area contributed by atoms with E-state index in [1.807, 2.05) is 60.9 Å². The number of aryl methyl sites for hydroxylation is 4. The Morgan fingerprint density at radius 3 is 2.26 bits per heavy atom. The Balaban J connectivity index is 0.000000181. The maximum absolute atomic E-state index is 5.62. The van der Waals surface area contributed by atoms with E-state index in [0.29, 0.717) is 0 Å². The first-order valence-electron chi connectivity index (χ1n) is 13.6. The van der Waals surface area contributed by atoms with Crippen molar-refractivity contribution in [2.24, 2.45) is 0 Å². The molecule has 1 radical (unpaired) electrons. The molecule has 209 valence electrons. The summed E-state index contributed by atoms with van der Waals surface area (Å²) in [6.45, 7) is 8.41. The summed E-state index contributed by atoms with van der Waals surface area (Å²) in [7, 11) is 0. The predicted octanol–water partition coefficient (Wildman–Crippen LogP) is 9.29. The van der Waals surface area contributed by atoms with Crippen LogP contribution in [0.4, 0.5) is 0 Å². The van der Waals surface area contributed by atoms with Crippen LogP contribution >= 0.6 is 0 Å². The SMILES string of the molecule is Cc1c[c-]c(-c2cc(C)c(C)cn2)cc1C.[Ir].[c-]1c(-c2ncccc2-c2ccccc2)c2cccnc2c2occc12. The summed E-state index contributed by atoms with van der Waals surface area (Å²) in [5, 5.41) is 1.90. The number of hydrogen-bond acceptors (Lipinski definition) is 4. The van der Waals surface area contributed by atoms with Gasteiger partial charge in [0.2, 0.25) is 0 Å². The van der Waals surface area contributed by atoms with Gasteiger partial charge in [0, 0.05) is 56.2 Å². The average molecular weight is 724 g/mol. The zero-order valence-electron chi connectivity index (χ0n) is 23.9. The predicted molar refractivity (Wildman–Crippen MR) is 166 cm³/mol. The second-order valence-corrected chi connectivity index (χ2v) is 10.2. The van der Waals surface area contributed by atoms with E-state index < -0.39 is 0 Å². The van der Waals surface area contributed by atoms with Gasteiger partial charge in [0.15, 0.2) is 0 Å². The molecule has 4 nitrogen and oxygen atoms in total. The average Bonchev–Trinajstić information content (AvgIpc) is 3.50. The molecule has 0 spiro atoms. The van der Waals surface area contributed by atoms with Crippen LogP contribution in [0.25, 0.3) is 55.5 Å². The van der Waals surface area contributed by atoms with E-state index in [-0.39, 0.29) is 20.1 Å². The molecule has 0 unspecified atom stereocenters. The molecule has 0 fully saturated rings. The monoisotopic (exact) mass is 724 g/mol. The molecule has 0 bridgehead atoms. The minimum absolute atomic E-state index is 0. The Morgan fingerprint density at radius 1 is 0.714 bits per heavy atom. The van der Waals surface area contributed by atoms with Crippen molar-refractivity contribution in [1.82, 2.24) is 15.0 Å². The summed E-state index contributed by atoms with van der Waals surface area (Å²) in [6, 6.07) is 33.3. The number of benzene rings is 3. The van der Waals surface area contributed by atoms with Crippen LogP contribution in [0.5, 0.6) is 0 Å². The summed E-state index contributed by atoms with van der Waals surface area (Å²) in [4.78, 5) is 13.7. The Hall–Kier alpha value is -4.44. The van der Waals surface area contributed by atoms with Crippen LogP contribution in [-0.4, -0.2) is 15.0 Å². The van der Waals surface area contributed by atoms with Crippen molar-refractivity contribution < 1.29 is 24.5 Å². The van der Waals surface area contributed by atoms with Crippen molar-refractivity contribution in [3.8, 4) is 33.6 Å². The Kier molecular flexibility index (Phi) is 8.72. The molecule has 5 heteroatoms. The smallest absolute Gasteiger partial charge is 0.0847 e. The summed E-state index contributed by atoms with van der Waals surface area (Å²) in [5.74, 6) is 0. The van der Waals surface area contributed by atoms with Gasteiger partial charge in [-0.05, 0) is 42.3 Å². The maximum Gasteiger partial charge on any atom is 0.0847 e. The first-order chi connectivity index (χ1) is 20.0. The van der Waals surface area contributed by atoms with Crippen LogP contribution in [0.15, 0.2) is 108 Å². The molecule has 0 aliphatic heterocycles. The van der Waals surface area contributed by atoms with Gasteiger partial charge in [-0.15, -0.1) is 41.0 Å². The van der Waals surface area contributed by atoms with Crippen LogP contribution in [0.3, 0.4) is 0 Å². The van der Waals surface area contributed by atoms with Crippen LogP contribution in [-0.2, 0) is 20.1 Å². The molecule has 7 aromatic rings. The first kappa shape index (κ1) is 29.1. The fourth-order valence-corrected chi connectivity index (χ4v) is 4.81. The second kappa shape index (κ2) is 12.6. The maximum atomic E-state index is 5.62. The minimum Gasteiger partial charge on any atom is -0.506 e. The Bertz CT molecular complexity index is 1950. The zero-order chi connectivity index (χ0) is 28.3. The van der Waals surface area contributed by atoms with E-state index in [2.05, 4.69) is 85.1 Å². The van der Waals surface area contributed by atoms with Gasteiger partial charge in [-0.3, -0.25) is 9.97 Å². The largest absolute Gasteiger partial charge is 0.506 e. The van der Waals surface area contributed by atoms with Gasteiger partial charge in [0.25, 0.3) is 0 Å². The molecular weight excluding hydrogens is 695 g/mol. The normalized spacial score (nSPS) is 10.7. The van der Waals surface area contributed by atoms with Crippen LogP contribution in [0.2, 0.25) is 0 Å². The molecule has 7 rings (SSSR count). The third-order valence-corrected chi connectivity index (χ3v) is 7.42. The van der Waals surface area contributed by atoms with Crippen molar-refractivity contribution in [2.45, 2.75) is 27.7 Å². The van der Waals surface area contributed by atoms with E-state index in [1.54, 1.807) is 12.5 Å². The molecule has 0 aliphatic rings. The minimum atomic E-state index is 0. The summed E-state index contributed by atoms with van der Waals surface area (Å²) in [6.07, 6.45) is 7.20. The summed E-state index contributed by atoms with van der Waals surface area (Å²) in [5.41, 5.74) is 12.8. The van der Waals surface area contributed by atoms with Crippen molar-refractivity contribution >= 4 is 21.9 Å². The fourth-order valence-electron chi connectivity index (χ4n) is 4.81. The number of nitrogens with zero attached hydrogens (tertiary/aromatic N) is 3. The van der Waals surface area contributed by atoms with Crippen LogP contribution in [0, 0.1) is 39.8 Å². The third kappa shape index (κ3) is 5.80. The molecule has 4 aromatic heterocycles. The standard InChI is InChI=1S/C22H13N2O.C15H16N.Ir/c1-2-6-15(7-3-1)17-8-4-11-23-20(17)19-14-16-10-13-25-22(16)21-18(19)9-5-12-24-21;1-10-5-6-14(7-11(10)2)15-8-12(3)13(4)9-16-15;/h1-13H;5,7-9H,1-4H3;/q2*-1;. The molecule has 0 saturated carbocycles. The van der Waals surface area contributed by atoms with Gasteiger partial charge in [-0.1, -0.05) is 96.4 Å². The van der Waals surface area contributed by atoms with E-state index in [9.17, 15) is 0 Å². The zero-order valence-corrected chi connectivity index (χ0v) is 26.3. The molecule has 0 amide bonds. The van der Waals surface area contributed by atoms with Gasteiger partial charge < -0.3 is 9.40 Å². The molecule has 0 N–H and O–H groups in total. The molecule has 4 heterocycles. The first-order valence-corrected chi connectivity index (χ1v) is 13.6. The number of rotatable bonds is 3.